The summed E-state index contributed by atoms with van der Waals surface area (Å²) < 4.78 is 0. The summed E-state index contributed by atoms with van der Waals surface area (Å²) in [4.78, 5) is 26.4. The van der Waals surface area contributed by atoms with Crippen LogP contribution in [0.15, 0.2) is 0 Å². The van der Waals surface area contributed by atoms with Crippen LogP contribution in [-0.2, 0) is 9.59 Å². The molecule has 0 saturated carbocycles. The first-order chi connectivity index (χ1) is 8.07. The van der Waals surface area contributed by atoms with E-state index in [1.807, 2.05) is 41.5 Å². The Morgan fingerprint density at radius 2 is 1.78 bits per heavy atom. The molecule has 4 heteroatoms. The van der Waals surface area contributed by atoms with E-state index in [0.717, 1.165) is 0 Å². The lowest BCUT2D eigenvalue weighted by Gasteiger charge is -2.34. The van der Waals surface area contributed by atoms with Crippen molar-refractivity contribution in [3.8, 4) is 0 Å². The molecule has 0 aliphatic carbocycles. The maximum atomic E-state index is 12.5. The molecule has 0 spiro atoms. The van der Waals surface area contributed by atoms with Crippen LogP contribution in [0.1, 0.15) is 48.0 Å². The molecule has 1 aliphatic heterocycles. The number of carbonyl (C=O) groups excluding carboxylic acids is 2. The number of Topliss-reactive ketones (excluding diaryl/α,β-unsaturated/α-hetero) is 1. The van der Waals surface area contributed by atoms with Gasteiger partial charge in [0.1, 0.15) is 0 Å². The van der Waals surface area contributed by atoms with Gasteiger partial charge in [0.2, 0.25) is 5.91 Å². The molecular formula is C14H24BNO2. The summed E-state index contributed by atoms with van der Waals surface area (Å²) in [5.74, 6) is -0.0406. The van der Waals surface area contributed by atoms with E-state index >= 15 is 0 Å². The summed E-state index contributed by atoms with van der Waals surface area (Å²) in [7, 11) is 6.03. The number of nitrogens with zero attached hydrogens (tertiary/aromatic N) is 1. The molecule has 0 bridgehead atoms. The smallest absolute Gasteiger partial charge is 0.228 e. The Morgan fingerprint density at radius 1 is 1.28 bits per heavy atom. The van der Waals surface area contributed by atoms with Crippen LogP contribution in [-0.4, -0.2) is 36.5 Å². The van der Waals surface area contributed by atoms with Crippen molar-refractivity contribution in [3.05, 3.63) is 0 Å². The monoisotopic (exact) mass is 249 g/mol. The van der Waals surface area contributed by atoms with Gasteiger partial charge < -0.3 is 4.90 Å². The van der Waals surface area contributed by atoms with Crippen LogP contribution >= 0.6 is 0 Å². The molecule has 1 aliphatic rings. The van der Waals surface area contributed by atoms with Crippen molar-refractivity contribution in [1.82, 2.24) is 4.90 Å². The summed E-state index contributed by atoms with van der Waals surface area (Å²) in [5, 5.41) is 0. The van der Waals surface area contributed by atoms with E-state index < -0.39 is 5.41 Å². The predicted molar refractivity (Wildman–Crippen MR) is 73.5 cm³/mol. The topological polar surface area (TPSA) is 37.4 Å². The van der Waals surface area contributed by atoms with Crippen molar-refractivity contribution >= 4 is 19.5 Å². The Balaban J connectivity index is 3.04. The first-order valence-electron chi connectivity index (χ1n) is 6.69. The summed E-state index contributed by atoms with van der Waals surface area (Å²) >= 11 is 0. The van der Waals surface area contributed by atoms with Gasteiger partial charge in [-0.2, -0.15) is 0 Å². The van der Waals surface area contributed by atoms with E-state index in [4.69, 9.17) is 7.85 Å². The maximum absolute atomic E-state index is 12.5. The van der Waals surface area contributed by atoms with Gasteiger partial charge in [-0.15, -0.1) is 0 Å². The molecule has 1 rings (SSSR count). The number of hydrogen-bond donors (Lipinski definition) is 0. The number of hydrogen-bond acceptors (Lipinski definition) is 2. The highest BCUT2D eigenvalue weighted by Gasteiger charge is 2.45. The molecule has 3 nitrogen and oxygen atoms in total. The predicted octanol–water partition coefficient (Wildman–Crippen LogP) is 2.20. The molecule has 1 heterocycles. The average molecular weight is 249 g/mol. The third-order valence-corrected chi connectivity index (χ3v) is 3.66. The zero-order valence-corrected chi connectivity index (χ0v) is 12.4. The van der Waals surface area contributed by atoms with Crippen LogP contribution in [0.2, 0.25) is 5.82 Å². The minimum Gasteiger partial charge on any atom is -0.330 e. The highest BCUT2D eigenvalue weighted by atomic mass is 16.2. The Hall–Kier alpha value is -0.795. The second kappa shape index (κ2) is 5.06. The molecule has 18 heavy (non-hydrogen) atoms. The fraction of sp³-hybridized carbons (Fsp3) is 0.857. The molecule has 3 atom stereocenters. The second-order valence-corrected chi connectivity index (χ2v) is 6.68. The Kier molecular flexibility index (Phi) is 4.29. The van der Waals surface area contributed by atoms with E-state index in [-0.39, 0.29) is 35.5 Å². The van der Waals surface area contributed by atoms with Gasteiger partial charge in [0.15, 0.2) is 5.78 Å². The van der Waals surface area contributed by atoms with Gasteiger partial charge in [-0.3, -0.25) is 9.59 Å². The van der Waals surface area contributed by atoms with Crippen LogP contribution in [0.5, 0.6) is 0 Å². The lowest BCUT2D eigenvalue weighted by atomic mass is 9.80. The fourth-order valence-electron chi connectivity index (χ4n) is 2.41. The van der Waals surface area contributed by atoms with E-state index in [1.165, 1.54) is 0 Å². The standard InChI is InChI=1S/C14H24BNO2/c1-8(2)12(17)11-7-10(15)9(3)16(11)13(18)14(4,5)6/h8-11H,7H2,1-6H3. The largest absolute Gasteiger partial charge is 0.330 e. The van der Waals surface area contributed by atoms with E-state index in [9.17, 15) is 9.59 Å². The molecule has 1 saturated heterocycles. The molecule has 1 amide bonds. The van der Waals surface area contributed by atoms with Crippen LogP contribution in [0.3, 0.4) is 0 Å². The lowest BCUT2D eigenvalue weighted by Crippen LogP contribution is -2.49. The van der Waals surface area contributed by atoms with Crippen molar-refractivity contribution < 1.29 is 9.59 Å². The number of rotatable bonds is 2. The van der Waals surface area contributed by atoms with Gasteiger partial charge >= 0.3 is 0 Å². The SMILES string of the molecule is [B]C1CC(C(=O)C(C)C)N(C(=O)C(C)(C)C)C1C. The van der Waals surface area contributed by atoms with Gasteiger partial charge in [0.05, 0.1) is 13.9 Å². The van der Waals surface area contributed by atoms with Crippen molar-refractivity contribution in [1.29, 1.82) is 0 Å². The Bertz CT molecular complexity index is 346. The number of carbonyl (C=O) groups is 2. The molecule has 0 aromatic heterocycles. The molecule has 3 unspecified atom stereocenters. The van der Waals surface area contributed by atoms with E-state index in [0.29, 0.717) is 6.42 Å². The number of amides is 1. The Morgan fingerprint density at radius 3 is 2.17 bits per heavy atom. The molecule has 1 fully saturated rings. The van der Waals surface area contributed by atoms with E-state index in [1.54, 1.807) is 4.90 Å². The minimum atomic E-state index is -0.478. The van der Waals surface area contributed by atoms with Gasteiger partial charge in [-0.25, -0.2) is 0 Å². The average Bonchev–Trinajstić information content (AvgIpc) is 2.52. The first kappa shape index (κ1) is 15.3. The van der Waals surface area contributed by atoms with Crippen LogP contribution in [0, 0.1) is 11.3 Å². The molecular weight excluding hydrogens is 225 g/mol. The molecule has 100 valence electrons. The first-order valence-corrected chi connectivity index (χ1v) is 6.69. The van der Waals surface area contributed by atoms with E-state index in [2.05, 4.69) is 0 Å². The van der Waals surface area contributed by atoms with Crippen molar-refractivity contribution in [2.75, 3.05) is 0 Å². The molecule has 2 radical (unpaired) electrons. The van der Waals surface area contributed by atoms with Gasteiger partial charge in [0.25, 0.3) is 0 Å². The summed E-state index contributed by atoms with van der Waals surface area (Å²) in [6, 6.07) is -0.411. The third kappa shape index (κ3) is 2.78. The highest BCUT2D eigenvalue weighted by molar-refractivity contribution is 6.13. The third-order valence-electron chi connectivity index (χ3n) is 3.66. The Labute approximate surface area is 112 Å². The van der Waals surface area contributed by atoms with Crippen LogP contribution in [0.4, 0.5) is 0 Å². The van der Waals surface area contributed by atoms with Crippen molar-refractivity contribution in [3.63, 3.8) is 0 Å². The molecule has 0 aromatic rings. The number of ketones is 1. The lowest BCUT2D eigenvalue weighted by molar-refractivity contribution is -0.146. The fourth-order valence-corrected chi connectivity index (χ4v) is 2.41. The van der Waals surface area contributed by atoms with Gasteiger partial charge in [-0.05, 0) is 13.3 Å². The summed E-state index contributed by atoms with van der Waals surface area (Å²) in [6.07, 6.45) is 0.583. The zero-order chi connectivity index (χ0) is 14.2. The second-order valence-electron chi connectivity index (χ2n) is 6.68. The van der Waals surface area contributed by atoms with Crippen molar-refractivity contribution in [2.45, 2.75) is 65.9 Å². The zero-order valence-electron chi connectivity index (χ0n) is 12.4. The summed E-state index contributed by atoms with van der Waals surface area (Å²) in [5.41, 5.74) is -0.478. The highest BCUT2D eigenvalue weighted by Crippen LogP contribution is 2.36. The van der Waals surface area contributed by atoms with Gasteiger partial charge in [-0.1, -0.05) is 40.4 Å². The molecule has 0 aromatic carbocycles. The quantitative estimate of drug-likeness (QED) is 0.703. The van der Waals surface area contributed by atoms with Crippen LogP contribution < -0.4 is 0 Å². The number of likely N-dealkylation sites (tertiary alicyclic amines) is 1. The normalized spacial score (nSPS) is 28.8. The molecule has 0 N–H and O–H groups in total. The minimum absolute atomic E-state index is 0.0157. The summed E-state index contributed by atoms with van der Waals surface area (Å²) in [6.45, 7) is 11.3. The maximum Gasteiger partial charge on any atom is 0.228 e. The van der Waals surface area contributed by atoms with Gasteiger partial charge in [0, 0.05) is 17.4 Å². The van der Waals surface area contributed by atoms with Crippen molar-refractivity contribution in [2.24, 2.45) is 11.3 Å². The van der Waals surface area contributed by atoms with Crippen LogP contribution in [0.25, 0.3) is 0 Å².